The minimum Gasteiger partial charge on any atom is -0.465 e. The number of nitrogens with one attached hydrogen (secondary N) is 1. The van der Waals surface area contributed by atoms with Crippen LogP contribution < -0.4 is 5.32 Å². The van der Waals surface area contributed by atoms with Gasteiger partial charge in [0.15, 0.2) is 0 Å². The van der Waals surface area contributed by atoms with Gasteiger partial charge in [-0.05, 0) is 52.0 Å². The normalized spacial score (nSPS) is 14.8. The molecule has 92 valence electrons. The zero-order valence-electron chi connectivity index (χ0n) is 10.8. The summed E-state index contributed by atoms with van der Waals surface area (Å²) in [4.78, 5) is 0. The van der Waals surface area contributed by atoms with Gasteiger partial charge in [-0.25, -0.2) is 0 Å². The summed E-state index contributed by atoms with van der Waals surface area (Å²) in [6, 6.07) is 8.32. The van der Waals surface area contributed by atoms with E-state index in [2.05, 4.69) is 19.2 Å². The van der Waals surface area contributed by atoms with Gasteiger partial charge in [-0.1, -0.05) is 0 Å². The summed E-state index contributed by atoms with van der Waals surface area (Å²) in [5.74, 6) is 3.79. The van der Waals surface area contributed by atoms with E-state index in [1.165, 1.54) is 0 Å². The molecule has 0 bridgehead atoms. The van der Waals surface area contributed by atoms with E-state index in [9.17, 15) is 0 Å². The highest BCUT2D eigenvalue weighted by atomic mass is 16.3. The van der Waals surface area contributed by atoms with Crippen molar-refractivity contribution in [3.63, 3.8) is 0 Å². The lowest BCUT2D eigenvalue weighted by atomic mass is 10.2. The van der Waals surface area contributed by atoms with Gasteiger partial charge >= 0.3 is 0 Å². The second kappa shape index (κ2) is 4.80. The van der Waals surface area contributed by atoms with Gasteiger partial charge in [-0.3, -0.25) is 5.32 Å². The van der Waals surface area contributed by atoms with Gasteiger partial charge in [0.1, 0.15) is 23.0 Å². The van der Waals surface area contributed by atoms with E-state index in [4.69, 9.17) is 8.83 Å². The number of furan rings is 2. The Balaban J connectivity index is 2.01. The minimum absolute atomic E-state index is 0.170. The molecular formula is C14H19NO2. The molecule has 17 heavy (non-hydrogen) atoms. The van der Waals surface area contributed by atoms with Crippen LogP contribution in [0.4, 0.5) is 0 Å². The molecule has 2 heterocycles. The first kappa shape index (κ1) is 12.0. The maximum atomic E-state index is 5.59. The molecule has 0 aliphatic heterocycles. The summed E-state index contributed by atoms with van der Waals surface area (Å²) in [6.07, 6.45) is 0. The van der Waals surface area contributed by atoms with Crippen molar-refractivity contribution in [2.45, 2.75) is 39.8 Å². The Labute approximate surface area is 102 Å². The third-order valence-electron chi connectivity index (χ3n) is 2.88. The summed E-state index contributed by atoms with van der Waals surface area (Å²) in [6.45, 7) is 8.08. The average Bonchev–Trinajstić information content (AvgIpc) is 2.87. The lowest BCUT2D eigenvalue weighted by Crippen LogP contribution is -2.21. The number of hydrogen-bond acceptors (Lipinski definition) is 3. The molecule has 1 N–H and O–H groups in total. The molecule has 2 aromatic rings. The smallest absolute Gasteiger partial charge is 0.120 e. The topological polar surface area (TPSA) is 38.3 Å². The molecule has 0 amide bonds. The van der Waals surface area contributed by atoms with E-state index in [0.717, 1.165) is 23.0 Å². The first-order valence-electron chi connectivity index (χ1n) is 5.95. The van der Waals surface area contributed by atoms with Crippen molar-refractivity contribution in [3.8, 4) is 0 Å². The van der Waals surface area contributed by atoms with Crippen molar-refractivity contribution < 1.29 is 8.83 Å². The molecule has 2 aromatic heterocycles. The summed E-state index contributed by atoms with van der Waals surface area (Å²) >= 11 is 0. The fourth-order valence-corrected chi connectivity index (χ4v) is 1.91. The summed E-state index contributed by atoms with van der Waals surface area (Å²) < 4.78 is 11.2. The SMILES string of the molecule is Cc1ccc(C(C)NC(C)c2ccc(C)o2)o1. The standard InChI is InChI=1S/C14H19NO2/c1-9-5-7-13(16-9)11(3)15-12(4)14-8-6-10(2)17-14/h5-8,11-12,15H,1-4H3. The van der Waals surface area contributed by atoms with Crippen molar-refractivity contribution in [1.29, 1.82) is 0 Å². The van der Waals surface area contributed by atoms with Crippen LogP contribution in [0.5, 0.6) is 0 Å². The molecule has 0 aliphatic rings. The van der Waals surface area contributed by atoms with E-state index in [0.29, 0.717) is 0 Å². The summed E-state index contributed by atoms with van der Waals surface area (Å²) in [5, 5.41) is 3.45. The summed E-state index contributed by atoms with van der Waals surface area (Å²) in [7, 11) is 0. The lowest BCUT2D eigenvalue weighted by Gasteiger charge is -2.16. The van der Waals surface area contributed by atoms with Crippen LogP contribution in [0.15, 0.2) is 33.1 Å². The van der Waals surface area contributed by atoms with Gasteiger partial charge in [0.25, 0.3) is 0 Å². The number of aryl methyl sites for hydroxylation is 2. The maximum absolute atomic E-state index is 5.59. The molecule has 0 radical (unpaired) electrons. The van der Waals surface area contributed by atoms with E-state index >= 15 is 0 Å². The number of hydrogen-bond donors (Lipinski definition) is 1. The van der Waals surface area contributed by atoms with E-state index in [1.54, 1.807) is 0 Å². The van der Waals surface area contributed by atoms with Crippen molar-refractivity contribution in [3.05, 3.63) is 47.3 Å². The van der Waals surface area contributed by atoms with Crippen molar-refractivity contribution in [2.24, 2.45) is 0 Å². The van der Waals surface area contributed by atoms with Crippen LogP contribution in [0.1, 0.15) is 49.0 Å². The van der Waals surface area contributed by atoms with Crippen molar-refractivity contribution in [1.82, 2.24) is 5.32 Å². The monoisotopic (exact) mass is 233 g/mol. The van der Waals surface area contributed by atoms with Gasteiger partial charge in [-0.2, -0.15) is 0 Å². The largest absolute Gasteiger partial charge is 0.465 e. The molecule has 2 rings (SSSR count). The Morgan fingerprint density at radius 2 is 1.24 bits per heavy atom. The third-order valence-corrected chi connectivity index (χ3v) is 2.88. The van der Waals surface area contributed by atoms with Gasteiger partial charge < -0.3 is 8.83 Å². The predicted octanol–water partition coefficient (Wildman–Crippen LogP) is 3.90. The second-order valence-corrected chi connectivity index (χ2v) is 4.51. The molecule has 0 saturated heterocycles. The lowest BCUT2D eigenvalue weighted by molar-refractivity contribution is 0.356. The quantitative estimate of drug-likeness (QED) is 0.870. The molecular weight excluding hydrogens is 214 g/mol. The Hall–Kier alpha value is -1.48. The van der Waals surface area contributed by atoms with Crippen LogP contribution in [0.2, 0.25) is 0 Å². The Bertz CT molecular complexity index is 440. The first-order chi connectivity index (χ1) is 8.06. The van der Waals surface area contributed by atoms with Gasteiger partial charge in [0.2, 0.25) is 0 Å². The van der Waals surface area contributed by atoms with Crippen LogP contribution in [-0.2, 0) is 0 Å². The molecule has 0 spiro atoms. The molecule has 2 unspecified atom stereocenters. The molecule has 0 fully saturated rings. The fourth-order valence-electron chi connectivity index (χ4n) is 1.91. The van der Waals surface area contributed by atoms with Gasteiger partial charge in [0, 0.05) is 0 Å². The molecule has 2 atom stereocenters. The second-order valence-electron chi connectivity index (χ2n) is 4.51. The number of rotatable bonds is 4. The van der Waals surface area contributed by atoms with Crippen molar-refractivity contribution >= 4 is 0 Å². The van der Waals surface area contributed by atoms with Crippen molar-refractivity contribution in [2.75, 3.05) is 0 Å². The zero-order chi connectivity index (χ0) is 12.4. The van der Waals surface area contributed by atoms with Crippen LogP contribution in [0.3, 0.4) is 0 Å². The minimum atomic E-state index is 0.170. The van der Waals surface area contributed by atoms with Crippen LogP contribution in [0, 0.1) is 13.8 Å². The molecule has 0 saturated carbocycles. The molecule has 0 aliphatic carbocycles. The van der Waals surface area contributed by atoms with E-state index in [1.807, 2.05) is 38.1 Å². The zero-order valence-corrected chi connectivity index (χ0v) is 10.8. The fraction of sp³-hybridized carbons (Fsp3) is 0.429. The third kappa shape index (κ3) is 2.80. The first-order valence-corrected chi connectivity index (χ1v) is 5.95. The van der Waals surface area contributed by atoms with E-state index in [-0.39, 0.29) is 12.1 Å². The highest BCUT2D eigenvalue weighted by molar-refractivity contribution is 5.12. The Morgan fingerprint density at radius 1 is 0.824 bits per heavy atom. The Morgan fingerprint density at radius 3 is 1.53 bits per heavy atom. The van der Waals surface area contributed by atoms with Gasteiger partial charge in [0.05, 0.1) is 12.1 Å². The Kier molecular flexibility index (Phi) is 3.38. The maximum Gasteiger partial charge on any atom is 0.120 e. The van der Waals surface area contributed by atoms with Crippen LogP contribution in [-0.4, -0.2) is 0 Å². The van der Waals surface area contributed by atoms with Crippen LogP contribution in [0.25, 0.3) is 0 Å². The highest BCUT2D eigenvalue weighted by Crippen LogP contribution is 2.22. The molecule has 3 heteroatoms. The average molecular weight is 233 g/mol. The highest BCUT2D eigenvalue weighted by Gasteiger charge is 2.15. The summed E-state index contributed by atoms with van der Waals surface area (Å²) in [5.41, 5.74) is 0. The predicted molar refractivity (Wildman–Crippen MR) is 66.9 cm³/mol. The molecule has 3 nitrogen and oxygen atoms in total. The van der Waals surface area contributed by atoms with Crippen LogP contribution >= 0.6 is 0 Å². The van der Waals surface area contributed by atoms with Gasteiger partial charge in [-0.15, -0.1) is 0 Å². The molecule has 0 aromatic carbocycles. The van der Waals surface area contributed by atoms with E-state index < -0.39 is 0 Å².